The van der Waals surface area contributed by atoms with Crippen LogP contribution in [0.4, 0.5) is 5.69 Å². The number of benzene rings is 1. The molecule has 10 nitrogen and oxygen atoms in total. The molecule has 2 rings (SSSR count). The number of rotatable bonds is 12. The first-order valence-corrected chi connectivity index (χ1v) is 9.77. The Morgan fingerprint density at radius 1 is 1.06 bits per heavy atom. The molecule has 0 saturated carbocycles. The summed E-state index contributed by atoms with van der Waals surface area (Å²) in [6.07, 6.45) is 1.89. The van der Waals surface area contributed by atoms with Crippen molar-refractivity contribution in [1.82, 2.24) is 14.4 Å². The lowest BCUT2D eigenvalue weighted by atomic mass is 10.1. The number of methoxy groups -OCH3 is 2. The van der Waals surface area contributed by atoms with Gasteiger partial charge in [-0.3, -0.25) is 19.7 Å². The molecule has 0 radical (unpaired) electrons. The Balaban J connectivity index is 2.20. The molecular weight excluding hydrogens is 404 g/mol. The summed E-state index contributed by atoms with van der Waals surface area (Å²) >= 11 is 0. The average molecular weight is 432 g/mol. The number of hydrogen-bond donors (Lipinski definition) is 0. The first-order chi connectivity index (χ1) is 14.9. The van der Waals surface area contributed by atoms with Crippen LogP contribution in [0, 0.1) is 10.1 Å². The van der Waals surface area contributed by atoms with Crippen molar-refractivity contribution in [3.63, 3.8) is 0 Å². The van der Waals surface area contributed by atoms with Crippen LogP contribution in [0.1, 0.15) is 16.1 Å². The maximum Gasteiger partial charge on any atom is 0.270 e. The van der Waals surface area contributed by atoms with E-state index in [-0.39, 0.29) is 36.9 Å². The van der Waals surface area contributed by atoms with Crippen molar-refractivity contribution >= 4 is 17.5 Å². The van der Waals surface area contributed by atoms with Crippen LogP contribution in [-0.4, -0.2) is 78.2 Å². The molecule has 0 N–H and O–H groups in total. The molecule has 1 aromatic heterocycles. The highest BCUT2D eigenvalue weighted by molar-refractivity contribution is 5.97. The zero-order valence-corrected chi connectivity index (χ0v) is 18.0. The second-order valence-corrected chi connectivity index (χ2v) is 6.95. The molecule has 0 fully saturated rings. The number of nitro benzene ring substituents is 1. The normalized spacial score (nSPS) is 10.7. The number of hydrogen-bond acceptors (Lipinski definition) is 6. The summed E-state index contributed by atoms with van der Waals surface area (Å²) in [6, 6.07) is 9.27. The molecule has 2 aromatic rings. The Hall–Kier alpha value is -3.24. The molecule has 0 saturated heterocycles. The molecule has 0 atom stereocenters. The van der Waals surface area contributed by atoms with Crippen LogP contribution < -0.4 is 0 Å². The number of carbonyl (C=O) groups excluding carboxylic acids is 2. The van der Waals surface area contributed by atoms with E-state index in [2.05, 4.69) is 0 Å². The van der Waals surface area contributed by atoms with E-state index < -0.39 is 10.8 Å². The van der Waals surface area contributed by atoms with Gasteiger partial charge in [-0.15, -0.1) is 0 Å². The summed E-state index contributed by atoms with van der Waals surface area (Å²) in [4.78, 5) is 39.6. The topological polar surface area (TPSA) is 107 Å². The van der Waals surface area contributed by atoms with E-state index in [1.54, 1.807) is 12.0 Å². The predicted molar refractivity (Wildman–Crippen MR) is 114 cm³/mol. The molecule has 0 aliphatic heterocycles. The summed E-state index contributed by atoms with van der Waals surface area (Å²) in [5, 5.41) is 11.1. The van der Waals surface area contributed by atoms with Gasteiger partial charge in [-0.2, -0.15) is 0 Å². The van der Waals surface area contributed by atoms with Crippen LogP contribution in [0.3, 0.4) is 0 Å². The Labute approximate surface area is 181 Å². The first-order valence-electron chi connectivity index (χ1n) is 9.77. The van der Waals surface area contributed by atoms with Gasteiger partial charge in [0.15, 0.2) is 0 Å². The summed E-state index contributed by atoms with van der Waals surface area (Å²) in [6.45, 7) is 1.31. The fourth-order valence-electron chi connectivity index (χ4n) is 3.00. The number of carbonyl (C=O) groups is 2. The Bertz CT molecular complexity index is 898. The van der Waals surface area contributed by atoms with E-state index in [4.69, 9.17) is 9.47 Å². The molecule has 10 heteroatoms. The highest BCUT2D eigenvalue weighted by Gasteiger charge is 2.24. The van der Waals surface area contributed by atoms with Crippen molar-refractivity contribution in [3.05, 3.63) is 64.0 Å². The quantitative estimate of drug-likeness (QED) is 0.373. The van der Waals surface area contributed by atoms with E-state index in [1.807, 2.05) is 29.9 Å². The molecule has 0 aliphatic rings. The summed E-state index contributed by atoms with van der Waals surface area (Å²) < 4.78 is 12.1. The first kappa shape index (κ1) is 24.0. The monoisotopic (exact) mass is 432 g/mol. The average Bonchev–Trinajstić information content (AvgIpc) is 3.17. The number of nitro groups is 1. The van der Waals surface area contributed by atoms with Gasteiger partial charge in [0.25, 0.3) is 11.6 Å². The van der Waals surface area contributed by atoms with Crippen molar-refractivity contribution in [1.29, 1.82) is 0 Å². The van der Waals surface area contributed by atoms with Crippen LogP contribution in [0.2, 0.25) is 0 Å². The van der Waals surface area contributed by atoms with E-state index in [0.717, 1.165) is 5.69 Å². The van der Waals surface area contributed by atoms with Gasteiger partial charge in [-0.05, 0) is 18.2 Å². The minimum Gasteiger partial charge on any atom is -0.383 e. The van der Waals surface area contributed by atoms with E-state index >= 15 is 0 Å². The molecule has 0 aliphatic carbocycles. The van der Waals surface area contributed by atoms with Gasteiger partial charge in [-0.25, -0.2) is 0 Å². The summed E-state index contributed by atoms with van der Waals surface area (Å²) in [5.74, 6) is -0.729. The third-order valence-corrected chi connectivity index (χ3v) is 4.80. The molecule has 0 unspecified atom stereocenters. The fraction of sp³-hybridized carbons (Fsp3) is 0.429. The number of amides is 2. The van der Waals surface area contributed by atoms with E-state index in [9.17, 15) is 19.7 Å². The minimum absolute atomic E-state index is 0.143. The Kier molecular flexibility index (Phi) is 9.16. The Morgan fingerprint density at radius 3 is 2.32 bits per heavy atom. The summed E-state index contributed by atoms with van der Waals surface area (Å²) in [5.41, 5.74) is 0.899. The number of aryl methyl sites for hydroxylation is 1. The molecular formula is C21H28N4O6. The van der Waals surface area contributed by atoms with Crippen LogP contribution in [0.5, 0.6) is 0 Å². The third-order valence-electron chi connectivity index (χ3n) is 4.80. The number of ether oxygens (including phenoxy) is 2. The van der Waals surface area contributed by atoms with Gasteiger partial charge in [0.05, 0.1) is 24.7 Å². The zero-order valence-electron chi connectivity index (χ0n) is 18.0. The van der Waals surface area contributed by atoms with Gasteiger partial charge >= 0.3 is 0 Å². The number of non-ortho nitro benzene ring substituents is 1. The lowest BCUT2D eigenvalue weighted by molar-refractivity contribution is -0.384. The maximum absolute atomic E-state index is 13.1. The fourth-order valence-corrected chi connectivity index (χ4v) is 3.00. The highest BCUT2D eigenvalue weighted by Crippen LogP contribution is 2.15. The van der Waals surface area contributed by atoms with Crippen molar-refractivity contribution in [2.75, 3.05) is 47.1 Å². The summed E-state index contributed by atoms with van der Waals surface area (Å²) in [7, 11) is 4.95. The predicted octanol–water partition coefficient (Wildman–Crippen LogP) is 1.70. The standard InChI is InChI=1S/C21H28N4O6/c1-22-9-5-8-19(22)15-23(10-12-30-2)20(26)16-24(11-13-31-3)21(27)17-6-4-7-18(14-17)25(28)29/h4-9,14H,10-13,15-16H2,1-3H3. The third kappa shape index (κ3) is 6.90. The van der Waals surface area contributed by atoms with Crippen molar-refractivity contribution < 1.29 is 24.0 Å². The largest absolute Gasteiger partial charge is 0.383 e. The van der Waals surface area contributed by atoms with Gasteiger partial charge in [0.2, 0.25) is 5.91 Å². The van der Waals surface area contributed by atoms with Crippen LogP contribution in [-0.2, 0) is 27.9 Å². The lowest BCUT2D eigenvalue weighted by Gasteiger charge is -2.27. The lowest BCUT2D eigenvalue weighted by Crippen LogP contribution is -2.45. The van der Waals surface area contributed by atoms with Gasteiger partial charge in [-0.1, -0.05) is 6.07 Å². The highest BCUT2D eigenvalue weighted by atomic mass is 16.6. The van der Waals surface area contributed by atoms with Crippen LogP contribution >= 0.6 is 0 Å². The molecule has 31 heavy (non-hydrogen) atoms. The van der Waals surface area contributed by atoms with Gasteiger partial charge < -0.3 is 23.8 Å². The number of aromatic nitrogens is 1. The van der Waals surface area contributed by atoms with Gasteiger partial charge in [0.1, 0.15) is 6.54 Å². The second-order valence-electron chi connectivity index (χ2n) is 6.95. The molecule has 1 aromatic carbocycles. The second kappa shape index (κ2) is 11.8. The zero-order chi connectivity index (χ0) is 22.8. The van der Waals surface area contributed by atoms with Crippen molar-refractivity contribution in [2.45, 2.75) is 6.54 Å². The van der Waals surface area contributed by atoms with Crippen molar-refractivity contribution in [3.8, 4) is 0 Å². The Morgan fingerprint density at radius 2 is 1.74 bits per heavy atom. The maximum atomic E-state index is 13.1. The molecule has 1 heterocycles. The molecule has 0 spiro atoms. The number of nitrogens with zero attached hydrogens (tertiary/aromatic N) is 4. The van der Waals surface area contributed by atoms with E-state index in [1.165, 1.54) is 36.3 Å². The minimum atomic E-state index is -0.562. The van der Waals surface area contributed by atoms with Crippen LogP contribution in [0.25, 0.3) is 0 Å². The molecule has 2 amide bonds. The smallest absolute Gasteiger partial charge is 0.270 e. The van der Waals surface area contributed by atoms with Crippen molar-refractivity contribution in [2.24, 2.45) is 7.05 Å². The molecule has 168 valence electrons. The van der Waals surface area contributed by atoms with Gasteiger partial charge in [0, 0.05) is 63.9 Å². The molecule has 0 bridgehead atoms. The van der Waals surface area contributed by atoms with E-state index in [0.29, 0.717) is 19.7 Å². The van der Waals surface area contributed by atoms with Crippen LogP contribution in [0.15, 0.2) is 42.6 Å². The SMILES string of the molecule is COCCN(Cc1cccn1C)C(=O)CN(CCOC)C(=O)c1cccc([N+](=O)[O-])c1.